The standard InChI is InChI=1S/C8H12N2O2/c1-4-7-9-6(5-10(2)3)8(11)12-7/h5H,4H2,1-3H3. The molecule has 4 nitrogen and oxygen atoms in total. The molecule has 12 heavy (non-hydrogen) atoms. The Kier molecular flexibility index (Phi) is 2.47. The van der Waals surface area contributed by atoms with Crippen LogP contribution in [0.1, 0.15) is 13.3 Å². The van der Waals surface area contributed by atoms with Gasteiger partial charge in [-0.05, 0) is 0 Å². The quantitative estimate of drug-likeness (QED) is 0.451. The Morgan fingerprint density at radius 1 is 1.58 bits per heavy atom. The Hall–Kier alpha value is -1.32. The maximum absolute atomic E-state index is 11.0. The molecule has 0 aromatic heterocycles. The molecule has 1 aliphatic rings. The van der Waals surface area contributed by atoms with E-state index in [1.165, 1.54) is 0 Å². The summed E-state index contributed by atoms with van der Waals surface area (Å²) in [5.41, 5.74) is 0.372. The lowest BCUT2D eigenvalue weighted by Gasteiger charge is -2.02. The summed E-state index contributed by atoms with van der Waals surface area (Å²) in [6, 6.07) is 0. The Morgan fingerprint density at radius 2 is 2.25 bits per heavy atom. The summed E-state index contributed by atoms with van der Waals surface area (Å²) in [5, 5.41) is 0. The van der Waals surface area contributed by atoms with Crippen LogP contribution in [0.5, 0.6) is 0 Å². The molecular weight excluding hydrogens is 156 g/mol. The van der Waals surface area contributed by atoms with E-state index in [2.05, 4.69) is 4.99 Å². The van der Waals surface area contributed by atoms with Crippen molar-refractivity contribution in [2.75, 3.05) is 14.1 Å². The third kappa shape index (κ3) is 1.84. The van der Waals surface area contributed by atoms with E-state index in [-0.39, 0.29) is 5.97 Å². The predicted octanol–water partition coefficient (Wildman–Crippen LogP) is 0.755. The maximum Gasteiger partial charge on any atom is 0.365 e. The molecule has 1 heterocycles. The minimum absolute atomic E-state index is 0.361. The average Bonchev–Trinajstić information content (AvgIpc) is 2.31. The van der Waals surface area contributed by atoms with E-state index in [9.17, 15) is 4.79 Å². The topological polar surface area (TPSA) is 41.9 Å². The van der Waals surface area contributed by atoms with Gasteiger partial charge in [0.1, 0.15) is 0 Å². The van der Waals surface area contributed by atoms with E-state index in [4.69, 9.17) is 4.74 Å². The van der Waals surface area contributed by atoms with E-state index in [1.54, 1.807) is 11.1 Å². The zero-order valence-electron chi connectivity index (χ0n) is 7.50. The minimum atomic E-state index is -0.361. The summed E-state index contributed by atoms with van der Waals surface area (Å²) in [5.74, 6) is 0.133. The molecule has 0 bridgehead atoms. The van der Waals surface area contributed by atoms with Crippen LogP contribution in [0.3, 0.4) is 0 Å². The van der Waals surface area contributed by atoms with Gasteiger partial charge in [-0.2, -0.15) is 0 Å². The number of nitrogens with zero attached hydrogens (tertiary/aromatic N) is 2. The molecule has 0 spiro atoms. The molecule has 0 aromatic rings. The van der Waals surface area contributed by atoms with E-state index in [1.807, 2.05) is 21.0 Å². The highest BCUT2D eigenvalue weighted by molar-refractivity contribution is 6.04. The van der Waals surface area contributed by atoms with E-state index >= 15 is 0 Å². The number of aliphatic imine (C=N–C) groups is 1. The van der Waals surface area contributed by atoms with Crippen LogP contribution in [0.4, 0.5) is 0 Å². The normalized spacial score (nSPS) is 19.4. The molecule has 0 saturated carbocycles. The number of hydrogen-bond acceptors (Lipinski definition) is 4. The molecule has 0 atom stereocenters. The van der Waals surface area contributed by atoms with Gasteiger partial charge in [0.05, 0.1) is 0 Å². The predicted molar refractivity (Wildman–Crippen MR) is 45.6 cm³/mol. The molecule has 0 amide bonds. The fourth-order valence-electron chi connectivity index (χ4n) is 0.839. The lowest BCUT2D eigenvalue weighted by molar-refractivity contribution is -0.130. The van der Waals surface area contributed by atoms with E-state index in [0.717, 1.165) is 0 Å². The van der Waals surface area contributed by atoms with Gasteiger partial charge < -0.3 is 9.64 Å². The SMILES string of the molecule is CCC1=NC(=CN(C)C)C(=O)O1. The van der Waals surface area contributed by atoms with Crippen molar-refractivity contribution in [2.45, 2.75) is 13.3 Å². The van der Waals surface area contributed by atoms with Crippen molar-refractivity contribution in [3.8, 4) is 0 Å². The second kappa shape index (κ2) is 3.38. The first-order valence-electron chi connectivity index (χ1n) is 3.81. The largest absolute Gasteiger partial charge is 0.407 e. The fraction of sp³-hybridized carbons (Fsp3) is 0.500. The summed E-state index contributed by atoms with van der Waals surface area (Å²) >= 11 is 0. The van der Waals surface area contributed by atoms with Crippen LogP contribution in [-0.2, 0) is 9.53 Å². The van der Waals surface area contributed by atoms with Gasteiger partial charge in [0.25, 0.3) is 0 Å². The van der Waals surface area contributed by atoms with Gasteiger partial charge in [0, 0.05) is 26.7 Å². The van der Waals surface area contributed by atoms with Crippen molar-refractivity contribution in [1.29, 1.82) is 0 Å². The molecule has 0 fully saturated rings. The lowest BCUT2D eigenvalue weighted by atomic mass is 10.5. The van der Waals surface area contributed by atoms with Crippen LogP contribution in [0.15, 0.2) is 16.9 Å². The summed E-state index contributed by atoms with van der Waals surface area (Å²) in [6.07, 6.45) is 2.29. The van der Waals surface area contributed by atoms with Gasteiger partial charge in [0.15, 0.2) is 11.6 Å². The highest BCUT2D eigenvalue weighted by atomic mass is 16.6. The summed E-state index contributed by atoms with van der Waals surface area (Å²) in [4.78, 5) is 16.8. The Balaban J connectivity index is 2.79. The Morgan fingerprint density at radius 3 is 2.67 bits per heavy atom. The second-order valence-corrected chi connectivity index (χ2v) is 2.73. The second-order valence-electron chi connectivity index (χ2n) is 2.73. The molecule has 0 aliphatic carbocycles. The third-order valence-corrected chi connectivity index (χ3v) is 1.35. The van der Waals surface area contributed by atoms with Crippen molar-refractivity contribution in [3.05, 3.63) is 11.9 Å². The molecule has 0 N–H and O–H groups in total. The van der Waals surface area contributed by atoms with Crippen LogP contribution in [0.25, 0.3) is 0 Å². The molecule has 0 aromatic carbocycles. The van der Waals surface area contributed by atoms with Crippen molar-refractivity contribution in [1.82, 2.24) is 4.90 Å². The van der Waals surface area contributed by atoms with E-state index in [0.29, 0.717) is 18.0 Å². The van der Waals surface area contributed by atoms with Crippen molar-refractivity contribution in [3.63, 3.8) is 0 Å². The first-order chi connectivity index (χ1) is 5.63. The summed E-state index contributed by atoms with van der Waals surface area (Å²) in [7, 11) is 3.67. The molecule has 1 aliphatic heterocycles. The zero-order valence-corrected chi connectivity index (χ0v) is 7.50. The van der Waals surface area contributed by atoms with Gasteiger partial charge >= 0.3 is 5.97 Å². The van der Waals surface area contributed by atoms with Crippen LogP contribution in [0, 0.1) is 0 Å². The summed E-state index contributed by atoms with van der Waals surface area (Å²) in [6.45, 7) is 1.89. The molecule has 0 unspecified atom stereocenters. The van der Waals surface area contributed by atoms with Crippen molar-refractivity contribution in [2.24, 2.45) is 4.99 Å². The van der Waals surface area contributed by atoms with Crippen LogP contribution in [-0.4, -0.2) is 30.9 Å². The highest BCUT2D eigenvalue weighted by Gasteiger charge is 2.21. The number of ether oxygens (including phenoxy) is 1. The number of carbonyl (C=O) groups excluding carboxylic acids is 1. The fourth-order valence-corrected chi connectivity index (χ4v) is 0.839. The van der Waals surface area contributed by atoms with Gasteiger partial charge in [0.2, 0.25) is 0 Å². The molecule has 0 radical (unpaired) electrons. The molecule has 66 valence electrons. The van der Waals surface area contributed by atoms with Crippen molar-refractivity contribution >= 4 is 11.9 Å². The molecule has 1 rings (SSSR count). The third-order valence-electron chi connectivity index (χ3n) is 1.35. The van der Waals surface area contributed by atoms with Crippen LogP contribution < -0.4 is 0 Å². The number of cyclic esters (lactones) is 1. The summed E-state index contributed by atoms with van der Waals surface area (Å²) < 4.78 is 4.84. The minimum Gasteiger partial charge on any atom is -0.407 e. The maximum atomic E-state index is 11.0. The molecule has 0 saturated heterocycles. The first-order valence-corrected chi connectivity index (χ1v) is 3.81. The number of esters is 1. The Labute approximate surface area is 71.5 Å². The smallest absolute Gasteiger partial charge is 0.365 e. The number of carbonyl (C=O) groups is 1. The molecule has 4 heteroatoms. The first kappa shape index (κ1) is 8.77. The van der Waals surface area contributed by atoms with Gasteiger partial charge in [-0.15, -0.1) is 0 Å². The lowest BCUT2D eigenvalue weighted by Crippen LogP contribution is -2.06. The zero-order chi connectivity index (χ0) is 9.14. The van der Waals surface area contributed by atoms with Crippen LogP contribution in [0.2, 0.25) is 0 Å². The molecular formula is C8H12N2O2. The Bertz CT molecular complexity index is 254. The average molecular weight is 168 g/mol. The van der Waals surface area contributed by atoms with E-state index < -0.39 is 0 Å². The van der Waals surface area contributed by atoms with Crippen molar-refractivity contribution < 1.29 is 9.53 Å². The number of hydrogen-bond donors (Lipinski definition) is 0. The van der Waals surface area contributed by atoms with Gasteiger partial charge in [-0.25, -0.2) is 9.79 Å². The number of rotatable bonds is 2. The highest BCUT2D eigenvalue weighted by Crippen LogP contribution is 2.12. The monoisotopic (exact) mass is 168 g/mol. The van der Waals surface area contributed by atoms with Crippen LogP contribution >= 0.6 is 0 Å². The van der Waals surface area contributed by atoms with Gasteiger partial charge in [-0.1, -0.05) is 6.92 Å². The van der Waals surface area contributed by atoms with Gasteiger partial charge in [-0.3, -0.25) is 0 Å².